The molecule has 1 N–H and O–H groups in total. The van der Waals surface area contributed by atoms with E-state index in [0.29, 0.717) is 6.04 Å². The quantitative estimate of drug-likeness (QED) is 0.312. The van der Waals surface area contributed by atoms with Crippen LogP contribution in [0.3, 0.4) is 0 Å². The summed E-state index contributed by atoms with van der Waals surface area (Å²) in [6.45, 7) is 5.37. The summed E-state index contributed by atoms with van der Waals surface area (Å²) in [5, 5.41) is 3.79. The van der Waals surface area contributed by atoms with Crippen LogP contribution in [0.2, 0.25) is 0 Å². The molecule has 1 aliphatic carbocycles. The minimum Gasteiger partial charge on any atom is -0.339 e. The van der Waals surface area contributed by atoms with Gasteiger partial charge in [-0.3, -0.25) is 4.99 Å². The van der Waals surface area contributed by atoms with Crippen molar-refractivity contribution in [1.82, 2.24) is 10.2 Å². The largest absolute Gasteiger partial charge is 0.339 e. The highest BCUT2D eigenvalue weighted by Crippen LogP contribution is 2.27. The van der Waals surface area contributed by atoms with Gasteiger partial charge in [-0.1, -0.05) is 44.8 Å². The smallest absolute Gasteiger partial charge is 0.120 e. The highest BCUT2D eigenvalue weighted by atomic mass is 15.2. The molecule has 0 aromatic heterocycles. The number of hydrogen-bond acceptors (Lipinski definition) is 2. The molecule has 1 fully saturated rings. The van der Waals surface area contributed by atoms with Gasteiger partial charge in [0.1, 0.15) is 5.84 Å². The summed E-state index contributed by atoms with van der Waals surface area (Å²) in [6.07, 6.45) is 17.6. The molecule has 0 bridgehead atoms. The third-order valence-corrected chi connectivity index (χ3v) is 4.50. The maximum Gasteiger partial charge on any atom is 0.120 e. The summed E-state index contributed by atoms with van der Waals surface area (Å²) < 4.78 is 0. The fourth-order valence-corrected chi connectivity index (χ4v) is 3.25. The average molecular weight is 306 g/mol. The van der Waals surface area contributed by atoms with E-state index in [4.69, 9.17) is 0 Å². The first kappa shape index (κ1) is 19.0. The van der Waals surface area contributed by atoms with Crippen LogP contribution in [0.4, 0.5) is 0 Å². The number of nitrogens with zero attached hydrogens (tertiary/aromatic N) is 2. The Hall–Kier alpha value is -1.09. The van der Waals surface area contributed by atoms with Gasteiger partial charge in [0.2, 0.25) is 0 Å². The Morgan fingerprint density at radius 1 is 1.27 bits per heavy atom. The first-order chi connectivity index (χ1) is 10.7. The summed E-state index contributed by atoms with van der Waals surface area (Å²) in [5.74, 6) is 1.89. The Balaban J connectivity index is 2.79. The molecule has 0 aliphatic heterocycles. The molecule has 0 radical (unpaired) electrons. The molecule has 1 rings (SSSR count). The SMILES string of the molecule is C/C=C/C=C/N(C)C(=NC)C(NCCCC)C1CCCCC1. The van der Waals surface area contributed by atoms with E-state index in [1.165, 1.54) is 50.8 Å². The fraction of sp³-hybridized carbons (Fsp3) is 0.737. The summed E-state index contributed by atoms with van der Waals surface area (Å²) >= 11 is 0. The Bertz CT molecular complexity index is 365. The first-order valence-electron chi connectivity index (χ1n) is 8.97. The van der Waals surface area contributed by atoms with Crippen LogP contribution in [0.1, 0.15) is 58.8 Å². The molecule has 0 amide bonds. The van der Waals surface area contributed by atoms with E-state index in [2.05, 4.69) is 47.5 Å². The molecule has 1 unspecified atom stereocenters. The molecular formula is C19H35N3. The van der Waals surface area contributed by atoms with E-state index < -0.39 is 0 Å². The van der Waals surface area contributed by atoms with E-state index in [1.807, 2.05) is 20.0 Å². The zero-order valence-electron chi connectivity index (χ0n) is 15.0. The highest BCUT2D eigenvalue weighted by Gasteiger charge is 2.28. The van der Waals surface area contributed by atoms with E-state index in [9.17, 15) is 0 Å². The minimum atomic E-state index is 0.386. The van der Waals surface area contributed by atoms with Crippen LogP contribution >= 0.6 is 0 Å². The molecule has 1 atom stereocenters. The van der Waals surface area contributed by atoms with Crippen molar-refractivity contribution in [2.45, 2.75) is 64.8 Å². The third kappa shape index (κ3) is 6.35. The van der Waals surface area contributed by atoms with Crippen molar-refractivity contribution < 1.29 is 0 Å². The van der Waals surface area contributed by atoms with Crippen molar-refractivity contribution in [3.8, 4) is 0 Å². The topological polar surface area (TPSA) is 27.6 Å². The monoisotopic (exact) mass is 305 g/mol. The van der Waals surface area contributed by atoms with Crippen LogP contribution < -0.4 is 5.32 Å². The van der Waals surface area contributed by atoms with Gasteiger partial charge < -0.3 is 10.2 Å². The van der Waals surface area contributed by atoms with Crippen molar-refractivity contribution >= 4 is 5.84 Å². The lowest BCUT2D eigenvalue weighted by atomic mass is 9.83. The van der Waals surface area contributed by atoms with Gasteiger partial charge in [0.25, 0.3) is 0 Å². The number of unbranched alkanes of at least 4 members (excludes halogenated alkanes) is 1. The second-order valence-corrected chi connectivity index (χ2v) is 6.24. The van der Waals surface area contributed by atoms with Crippen LogP contribution in [-0.4, -0.2) is 37.4 Å². The molecule has 0 saturated heterocycles. The van der Waals surface area contributed by atoms with Crippen molar-refractivity contribution in [3.63, 3.8) is 0 Å². The molecule has 3 nitrogen and oxygen atoms in total. The Morgan fingerprint density at radius 2 is 2.00 bits per heavy atom. The minimum absolute atomic E-state index is 0.386. The summed E-state index contributed by atoms with van der Waals surface area (Å²) in [5.41, 5.74) is 0. The van der Waals surface area contributed by atoms with Gasteiger partial charge in [0, 0.05) is 20.3 Å². The van der Waals surface area contributed by atoms with Gasteiger partial charge in [-0.15, -0.1) is 0 Å². The molecular weight excluding hydrogens is 270 g/mol. The fourth-order valence-electron chi connectivity index (χ4n) is 3.25. The number of allylic oxidation sites excluding steroid dienone is 3. The summed E-state index contributed by atoms with van der Waals surface area (Å²) in [4.78, 5) is 6.80. The first-order valence-corrected chi connectivity index (χ1v) is 8.97. The van der Waals surface area contributed by atoms with Crippen LogP contribution in [0, 0.1) is 5.92 Å². The van der Waals surface area contributed by atoms with Gasteiger partial charge in [-0.05, 0) is 44.7 Å². The standard InChI is InChI=1S/C19H35N3/c1-5-7-12-16-22(4)19(20-3)18(21-15-8-6-2)17-13-10-9-11-14-17/h5,7,12,16-18,21H,6,8-11,13-15H2,1-4H3/b7-5+,16-12+,20-19?. The van der Waals surface area contributed by atoms with Crippen molar-refractivity contribution in [3.05, 3.63) is 24.4 Å². The van der Waals surface area contributed by atoms with E-state index >= 15 is 0 Å². The zero-order chi connectivity index (χ0) is 16.2. The maximum absolute atomic E-state index is 4.63. The lowest BCUT2D eigenvalue weighted by Gasteiger charge is -2.34. The summed E-state index contributed by atoms with van der Waals surface area (Å²) in [7, 11) is 4.03. The second-order valence-electron chi connectivity index (χ2n) is 6.24. The van der Waals surface area contributed by atoms with Crippen molar-refractivity contribution in [2.75, 3.05) is 20.6 Å². The van der Waals surface area contributed by atoms with Gasteiger partial charge >= 0.3 is 0 Å². The normalized spacial score (nSPS) is 19.2. The van der Waals surface area contributed by atoms with Crippen LogP contribution in [0.15, 0.2) is 29.4 Å². The second kappa shape index (κ2) is 11.5. The van der Waals surface area contributed by atoms with E-state index in [0.717, 1.165) is 12.5 Å². The maximum atomic E-state index is 4.63. The molecule has 0 spiro atoms. The number of likely N-dealkylation sites (N-methyl/N-ethyl adjacent to an activating group) is 1. The molecule has 22 heavy (non-hydrogen) atoms. The summed E-state index contributed by atoms with van der Waals surface area (Å²) in [6, 6.07) is 0.386. The lowest BCUT2D eigenvalue weighted by molar-refractivity contribution is 0.302. The highest BCUT2D eigenvalue weighted by molar-refractivity contribution is 5.88. The average Bonchev–Trinajstić information content (AvgIpc) is 2.55. The van der Waals surface area contributed by atoms with Crippen LogP contribution in [0.5, 0.6) is 0 Å². The molecule has 0 heterocycles. The van der Waals surface area contributed by atoms with Gasteiger partial charge in [-0.2, -0.15) is 0 Å². The van der Waals surface area contributed by atoms with Gasteiger partial charge in [0.05, 0.1) is 6.04 Å². The predicted octanol–water partition coefficient (Wildman–Crippen LogP) is 4.37. The Morgan fingerprint density at radius 3 is 2.59 bits per heavy atom. The molecule has 126 valence electrons. The predicted molar refractivity (Wildman–Crippen MR) is 98.3 cm³/mol. The number of nitrogens with one attached hydrogen (secondary N) is 1. The Kier molecular flexibility index (Phi) is 9.89. The number of rotatable bonds is 8. The van der Waals surface area contributed by atoms with Gasteiger partial charge in [-0.25, -0.2) is 0 Å². The molecule has 0 aromatic rings. The molecule has 3 heteroatoms. The molecule has 1 saturated carbocycles. The number of aliphatic imine (C=N–C) groups is 1. The number of amidine groups is 1. The van der Waals surface area contributed by atoms with E-state index in [-0.39, 0.29) is 0 Å². The number of hydrogen-bond donors (Lipinski definition) is 1. The van der Waals surface area contributed by atoms with Crippen molar-refractivity contribution in [1.29, 1.82) is 0 Å². The third-order valence-electron chi connectivity index (χ3n) is 4.50. The van der Waals surface area contributed by atoms with Gasteiger partial charge in [0.15, 0.2) is 0 Å². The van der Waals surface area contributed by atoms with Crippen LogP contribution in [0.25, 0.3) is 0 Å². The Labute approximate surface area is 137 Å². The zero-order valence-corrected chi connectivity index (χ0v) is 15.0. The van der Waals surface area contributed by atoms with Crippen LogP contribution in [-0.2, 0) is 0 Å². The molecule has 0 aromatic carbocycles. The van der Waals surface area contributed by atoms with E-state index in [1.54, 1.807) is 0 Å². The molecule has 1 aliphatic rings. The van der Waals surface area contributed by atoms with Crippen molar-refractivity contribution in [2.24, 2.45) is 10.9 Å². The lowest BCUT2D eigenvalue weighted by Crippen LogP contribution is -2.49.